The van der Waals surface area contributed by atoms with Crippen LogP contribution >= 0.6 is 0 Å². The van der Waals surface area contributed by atoms with Crippen LogP contribution in [-0.4, -0.2) is 156 Å². The number of hydrogen-bond acceptors (Lipinski definition) is 13. The number of rotatable bonds is 22. The van der Waals surface area contributed by atoms with E-state index in [0.29, 0.717) is 103 Å². The lowest BCUT2D eigenvalue weighted by Crippen LogP contribution is -2.66. The first-order chi connectivity index (χ1) is 37.4. The molecule has 8 rings (SSSR count). The lowest BCUT2D eigenvalue weighted by Gasteiger charge is -2.48. The highest BCUT2D eigenvalue weighted by Gasteiger charge is 2.42. The quantitative estimate of drug-likeness (QED) is 0.0612. The number of carbonyl (C=O) groups is 4. The Bertz CT molecular complexity index is 2650. The van der Waals surface area contributed by atoms with E-state index in [9.17, 15) is 24.3 Å². The summed E-state index contributed by atoms with van der Waals surface area (Å²) in [6.45, 7) is 19.1. The fourth-order valence-electron chi connectivity index (χ4n) is 11.2. The second kappa shape index (κ2) is 26.6. The van der Waals surface area contributed by atoms with Gasteiger partial charge in [-0.1, -0.05) is 89.2 Å². The van der Waals surface area contributed by atoms with Gasteiger partial charge in [-0.25, -0.2) is 18.7 Å². The molecule has 3 aromatic carbocycles. The first-order valence-electron chi connectivity index (χ1n) is 28.0. The maximum absolute atomic E-state index is 15.7. The van der Waals surface area contributed by atoms with Crippen molar-refractivity contribution >= 4 is 41.0 Å². The van der Waals surface area contributed by atoms with Crippen molar-refractivity contribution in [2.24, 2.45) is 17.3 Å². The molecule has 0 radical (unpaired) electrons. The van der Waals surface area contributed by atoms with Crippen LogP contribution in [0.5, 0.6) is 0 Å². The highest BCUT2D eigenvalue weighted by Crippen LogP contribution is 2.34. The van der Waals surface area contributed by atoms with E-state index < -0.39 is 35.2 Å². The smallest absolute Gasteiger partial charge is 0.249 e. The standard InChI is InChI=1S/C59H82F2N12O5/c1-41(2)28-49(67-57(78)55(76)42(3)29-43-10-7-6-8-11-43)56(77)62-18-23-69-24-26-71(27-25-69)37-53(74)64-35-45-13-9-12-44(30-45)34-63-51-33-52(66-40-65-51)72-21-16-59(17-22-72)39-73(38-54(75)68-59)50-32-47(60)46(31-48(50)61)36-70-19-14-58(4,5)15-20-70/h6-13,30-33,40-42,49,55,76H,14-29,34-39H2,1-5H3,(H,62,77)(H,64,74)(H,67,78)(H,68,75)(H,63,65,66)/t42-,49+,55+/m1/s1. The van der Waals surface area contributed by atoms with Crippen molar-refractivity contribution in [2.75, 3.05) is 100 Å². The van der Waals surface area contributed by atoms with Gasteiger partial charge >= 0.3 is 0 Å². The molecule has 4 aliphatic heterocycles. The minimum Gasteiger partial charge on any atom is -0.383 e. The Labute approximate surface area is 459 Å². The molecule has 6 N–H and O–H groups in total. The third kappa shape index (κ3) is 16.4. The fourth-order valence-corrected chi connectivity index (χ4v) is 11.2. The number of amides is 4. The van der Waals surface area contributed by atoms with Gasteiger partial charge in [-0.2, -0.15) is 0 Å². The first kappa shape index (κ1) is 57.9. The number of nitrogens with one attached hydrogen (secondary N) is 5. The predicted molar refractivity (Wildman–Crippen MR) is 299 cm³/mol. The third-order valence-corrected chi connectivity index (χ3v) is 16.1. The first-order valence-corrected chi connectivity index (χ1v) is 28.0. The Morgan fingerprint density at radius 3 is 2.15 bits per heavy atom. The molecule has 3 atom stereocenters. The molecule has 4 saturated heterocycles. The zero-order chi connectivity index (χ0) is 55.4. The number of carbonyl (C=O) groups excluding carboxylic acids is 4. The summed E-state index contributed by atoms with van der Waals surface area (Å²) in [5.74, 6) is -0.786. The van der Waals surface area contributed by atoms with Crippen LogP contribution in [-0.2, 0) is 45.2 Å². The Hall–Kier alpha value is -6.28. The number of aliphatic hydroxyl groups excluding tert-OH is 1. The summed E-state index contributed by atoms with van der Waals surface area (Å²) in [6, 6.07) is 21.5. The van der Waals surface area contributed by atoms with Crippen molar-refractivity contribution in [3.8, 4) is 0 Å². The summed E-state index contributed by atoms with van der Waals surface area (Å²) < 4.78 is 31.3. The predicted octanol–water partition coefficient (Wildman–Crippen LogP) is 5.08. The van der Waals surface area contributed by atoms with Gasteiger partial charge in [-0.05, 0) is 91.6 Å². The molecular formula is C59H82F2N12O5. The highest BCUT2D eigenvalue weighted by molar-refractivity contribution is 5.89. The molecule has 0 unspecified atom stereocenters. The second-order valence-electron chi connectivity index (χ2n) is 23.4. The van der Waals surface area contributed by atoms with E-state index in [-0.39, 0.29) is 53.7 Å². The Morgan fingerprint density at radius 1 is 0.744 bits per heavy atom. The lowest BCUT2D eigenvalue weighted by atomic mass is 9.82. The van der Waals surface area contributed by atoms with Crippen molar-refractivity contribution in [2.45, 2.75) is 110 Å². The van der Waals surface area contributed by atoms with Crippen molar-refractivity contribution in [1.82, 2.24) is 45.9 Å². The van der Waals surface area contributed by atoms with Crippen molar-refractivity contribution in [3.05, 3.63) is 113 Å². The maximum atomic E-state index is 15.7. The summed E-state index contributed by atoms with van der Waals surface area (Å²) >= 11 is 0. The van der Waals surface area contributed by atoms with E-state index in [4.69, 9.17) is 0 Å². The molecule has 4 fully saturated rings. The topological polar surface area (TPSA) is 191 Å². The molecular weight excluding hydrogens is 995 g/mol. The summed E-state index contributed by atoms with van der Waals surface area (Å²) in [7, 11) is 0. The molecule has 0 aliphatic carbocycles. The maximum Gasteiger partial charge on any atom is 0.249 e. The number of piperidine rings is 2. The second-order valence-corrected chi connectivity index (χ2v) is 23.4. The number of halogens is 2. The minimum atomic E-state index is -1.24. The summed E-state index contributed by atoms with van der Waals surface area (Å²) in [5, 5.41) is 26.3. The lowest BCUT2D eigenvalue weighted by molar-refractivity contribution is -0.136. The zero-order valence-corrected chi connectivity index (χ0v) is 46.3. The number of likely N-dealkylation sites (tertiary alicyclic amines) is 1. The van der Waals surface area contributed by atoms with Crippen molar-refractivity contribution in [3.63, 3.8) is 0 Å². The fraction of sp³-hybridized carbons (Fsp3) is 0.559. The summed E-state index contributed by atoms with van der Waals surface area (Å²) in [4.78, 5) is 72.0. The Kier molecular flexibility index (Phi) is 19.7. The summed E-state index contributed by atoms with van der Waals surface area (Å²) in [6.07, 6.45) is 4.53. The minimum absolute atomic E-state index is 0.0383. The normalized spacial score (nSPS) is 19.2. The molecule has 1 aromatic heterocycles. The molecule has 19 heteroatoms. The third-order valence-electron chi connectivity index (χ3n) is 16.1. The van der Waals surface area contributed by atoms with E-state index in [0.717, 1.165) is 61.5 Å². The van der Waals surface area contributed by atoms with Crippen LogP contribution in [0.2, 0.25) is 0 Å². The van der Waals surface area contributed by atoms with Crippen LogP contribution in [0.3, 0.4) is 0 Å². The van der Waals surface area contributed by atoms with Crippen LogP contribution < -0.4 is 36.4 Å². The van der Waals surface area contributed by atoms with E-state index in [1.165, 1.54) is 18.5 Å². The molecule has 4 aliphatic rings. The van der Waals surface area contributed by atoms with Gasteiger partial charge in [0.05, 0.1) is 24.3 Å². The average molecular weight is 1080 g/mol. The molecule has 1 spiro atoms. The number of aromatic nitrogens is 2. The van der Waals surface area contributed by atoms with E-state index >= 15 is 8.78 Å². The van der Waals surface area contributed by atoms with Crippen LogP contribution in [0.4, 0.5) is 26.1 Å². The van der Waals surface area contributed by atoms with Gasteiger partial charge < -0.3 is 41.5 Å². The Balaban J connectivity index is 0.727. The highest BCUT2D eigenvalue weighted by atomic mass is 19.1. The molecule has 0 bridgehead atoms. The molecule has 4 amide bonds. The van der Waals surface area contributed by atoms with Crippen molar-refractivity contribution < 1.29 is 33.1 Å². The van der Waals surface area contributed by atoms with Crippen LogP contribution in [0.1, 0.15) is 89.0 Å². The zero-order valence-electron chi connectivity index (χ0n) is 46.3. The van der Waals surface area contributed by atoms with Gasteiger partial charge in [0, 0.05) is 96.2 Å². The van der Waals surface area contributed by atoms with Gasteiger partial charge in [0.25, 0.3) is 0 Å². The van der Waals surface area contributed by atoms with E-state index in [1.807, 2.05) is 75.4 Å². The molecule has 17 nitrogen and oxygen atoms in total. The molecule has 422 valence electrons. The van der Waals surface area contributed by atoms with E-state index in [2.05, 4.69) is 76.1 Å². The van der Waals surface area contributed by atoms with Crippen LogP contribution in [0, 0.1) is 28.9 Å². The number of hydrogen-bond donors (Lipinski definition) is 6. The van der Waals surface area contributed by atoms with Crippen molar-refractivity contribution in [1.29, 1.82) is 0 Å². The molecule has 78 heavy (non-hydrogen) atoms. The van der Waals surface area contributed by atoms with E-state index in [1.54, 1.807) is 4.90 Å². The average Bonchev–Trinajstić information content (AvgIpc) is 3.42. The Morgan fingerprint density at radius 2 is 1.44 bits per heavy atom. The van der Waals surface area contributed by atoms with Gasteiger partial charge in [0.2, 0.25) is 23.6 Å². The van der Waals surface area contributed by atoms with Crippen LogP contribution in [0.25, 0.3) is 0 Å². The molecule has 4 aromatic rings. The molecule has 0 saturated carbocycles. The number of piperazine rings is 2. The largest absolute Gasteiger partial charge is 0.383 e. The van der Waals surface area contributed by atoms with Crippen LogP contribution in [0.15, 0.2) is 79.1 Å². The molecule has 5 heterocycles. The van der Waals surface area contributed by atoms with Gasteiger partial charge in [-0.15, -0.1) is 0 Å². The number of aliphatic hydroxyl groups is 1. The monoisotopic (exact) mass is 1080 g/mol. The number of nitrogens with zero attached hydrogens (tertiary/aromatic N) is 7. The van der Waals surface area contributed by atoms with Gasteiger partial charge in [-0.3, -0.25) is 33.9 Å². The van der Waals surface area contributed by atoms with Gasteiger partial charge in [0.15, 0.2) is 0 Å². The number of anilines is 3. The number of benzene rings is 3. The van der Waals surface area contributed by atoms with Gasteiger partial charge in [0.1, 0.15) is 41.7 Å². The SMILES string of the molecule is CC(C)C[C@H](NC(=O)[C@@H](O)[C@H](C)Cc1ccccc1)C(=O)NCCN1CCN(CC(=O)NCc2cccc(CNc3cc(N4CCC5(CC4)CN(c4cc(F)c(CN6CCC(C)(C)CC6)cc4F)CC(=O)N5)ncn3)c2)CC1. The summed E-state index contributed by atoms with van der Waals surface area (Å²) in [5.41, 5.74) is 3.16.